The second-order valence-corrected chi connectivity index (χ2v) is 7.52. The summed E-state index contributed by atoms with van der Waals surface area (Å²) < 4.78 is 22.5. The van der Waals surface area contributed by atoms with E-state index in [9.17, 15) is 9.59 Å². The summed E-state index contributed by atoms with van der Waals surface area (Å²) in [6, 6.07) is 5.16. The van der Waals surface area contributed by atoms with Gasteiger partial charge in [0.2, 0.25) is 0 Å². The van der Waals surface area contributed by atoms with Gasteiger partial charge in [0, 0.05) is 25.0 Å². The van der Waals surface area contributed by atoms with Gasteiger partial charge in [-0.15, -0.1) is 0 Å². The summed E-state index contributed by atoms with van der Waals surface area (Å²) in [4.78, 5) is 24.0. The second kappa shape index (κ2) is 7.90. The zero-order chi connectivity index (χ0) is 19.5. The van der Waals surface area contributed by atoms with E-state index in [0.29, 0.717) is 16.8 Å². The van der Waals surface area contributed by atoms with E-state index in [1.165, 1.54) is 7.11 Å². The van der Waals surface area contributed by atoms with E-state index in [1.807, 2.05) is 27.7 Å². The summed E-state index contributed by atoms with van der Waals surface area (Å²) in [5.41, 5.74) is 0.0209. The Labute approximate surface area is 155 Å². The van der Waals surface area contributed by atoms with Gasteiger partial charge in [0.1, 0.15) is 12.0 Å². The fourth-order valence-electron chi connectivity index (χ4n) is 2.80. The third kappa shape index (κ3) is 4.16. The Hall–Kier alpha value is -1.70. The summed E-state index contributed by atoms with van der Waals surface area (Å²) in [5.74, 6) is -0.0395. The second-order valence-electron chi connectivity index (χ2n) is 7.52. The highest BCUT2D eigenvalue weighted by molar-refractivity contribution is 6.63. The van der Waals surface area contributed by atoms with Gasteiger partial charge in [-0.05, 0) is 51.4 Å². The van der Waals surface area contributed by atoms with Crippen LogP contribution in [0.4, 0.5) is 0 Å². The van der Waals surface area contributed by atoms with Gasteiger partial charge in [-0.3, -0.25) is 4.79 Å². The number of benzene rings is 1. The van der Waals surface area contributed by atoms with Crippen molar-refractivity contribution in [3.63, 3.8) is 0 Å². The standard InChI is InChI=1S/C19H27BO6/c1-18(2)19(3,4)26-20(25-18)16-10-14(24-6)7-8-15(16)17(22)9-13(11-21)12-23-5/h7-8,10-11,13H,9,12H2,1-6H3. The molecule has 26 heavy (non-hydrogen) atoms. The SMILES string of the molecule is COCC(C=O)CC(=O)c1ccc(OC)cc1B1OC(C)(C)C(C)(C)O1. The molecular formula is C19H27BO6. The topological polar surface area (TPSA) is 71.1 Å². The van der Waals surface area contributed by atoms with Crippen LogP contribution in [-0.4, -0.2) is 51.2 Å². The highest BCUT2D eigenvalue weighted by Crippen LogP contribution is 2.37. The molecule has 0 aliphatic carbocycles. The highest BCUT2D eigenvalue weighted by Gasteiger charge is 2.52. The third-order valence-electron chi connectivity index (χ3n) is 5.09. The van der Waals surface area contributed by atoms with Gasteiger partial charge < -0.3 is 23.6 Å². The molecule has 7 heteroatoms. The number of ketones is 1. The Kier molecular flexibility index (Phi) is 6.27. The van der Waals surface area contributed by atoms with Crippen LogP contribution in [0.15, 0.2) is 18.2 Å². The van der Waals surface area contributed by atoms with E-state index in [-0.39, 0.29) is 18.8 Å². The summed E-state index contributed by atoms with van der Waals surface area (Å²) >= 11 is 0. The van der Waals surface area contributed by atoms with Gasteiger partial charge in [-0.2, -0.15) is 0 Å². The molecule has 1 unspecified atom stereocenters. The van der Waals surface area contributed by atoms with Gasteiger partial charge in [0.05, 0.1) is 24.9 Å². The summed E-state index contributed by atoms with van der Waals surface area (Å²) in [6.07, 6.45) is 0.815. The first-order valence-corrected chi connectivity index (χ1v) is 8.66. The van der Waals surface area contributed by atoms with E-state index in [0.717, 1.165) is 6.29 Å². The lowest BCUT2D eigenvalue weighted by atomic mass is 9.74. The molecule has 0 aromatic heterocycles. The molecule has 142 valence electrons. The van der Waals surface area contributed by atoms with Gasteiger partial charge in [0.25, 0.3) is 0 Å². The monoisotopic (exact) mass is 362 g/mol. The van der Waals surface area contributed by atoms with E-state index >= 15 is 0 Å². The first-order valence-electron chi connectivity index (χ1n) is 8.66. The Bertz CT molecular complexity index is 654. The fourth-order valence-corrected chi connectivity index (χ4v) is 2.80. The first-order chi connectivity index (χ1) is 12.1. The summed E-state index contributed by atoms with van der Waals surface area (Å²) in [5, 5.41) is 0. The minimum atomic E-state index is -0.689. The van der Waals surface area contributed by atoms with Crippen molar-refractivity contribution in [3.05, 3.63) is 23.8 Å². The molecule has 1 heterocycles. The van der Waals surface area contributed by atoms with Crippen molar-refractivity contribution in [1.82, 2.24) is 0 Å². The van der Waals surface area contributed by atoms with Crippen LogP contribution in [0.5, 0.6) is 5.75 Å². The van der Waals surface area contributed by atoms with Crippen LogP contribution in [0.1, 0.15) is 44.5 Å². The lowest BCUT2D eigenvalue weighted by molar-refractivity contribution is -0.112. The average Bonchev–Trinajstić information content (AvgIpc) is 2.81. The molecule has 1 atom stereocenters. The molecular weight excluding hydrogens is 335 g/mol. The molecule has 1 aliphatic heterocycles. The average molecular weight is 362 g/mol. The molecule has 2 rings (SSSR count). The van der Waals surface area contributed by atoms with Crippen LogP contribution in [-0.2, 0) is 18.8 Å². The van der Waals surface area contributed by atoms with Crippen LogP contribution in [0.3, 0.4) is 0 Å². The lowest BCUT2D eigenvalue weighted by Crippen LogP contribution is -2.41. The summed E-state index contributed by atoms with van der Waals surface area (Å²) in [6.45, 7) is 8.02. The molecule has 1 aliphatic rings. The van der Waals surface area contributed by atoms with E-state index in [1.54, 1.807) is 25.3 Å². The number of carbonyl (C=O) groups excluding carboxylic acids is 2. The first kappa shape index (κ1) is 20.6. The molecule has 0 spiro atoms. The number of ether oxygens (including phenoxy) is 2. The van der Waals surface area contributed by atoms with Crippen molar-refractivity contribution in [3.8, 4) is 5.75 Å². The van der Waals surface area contributed by atoms with Crippen molar-refractivity contribution >= 4 is 24.7 Å². The molecule has 0 amide bonds. The van der Waals surface area contributed by atoms with Gasteiger partial charge >= 0.3 is 7.12 Å². The molecule has 1 saturated heterocycles. The quantitative estimate of drug-likeness (QED) is 0.400. The van der Waals surface area contributed by atoms with Gasteiger partial charge in [-0.1, -0.05) is 0 Å². The maximum absolute atomic E-state index is 12.8. The normalized spacial score (nSPS) is 19.2. The van der Waals surface area contributed by atoms with Crippen LogP contribution in [0, 0.1) is 5.92 Å². The molecule has 6 nitrogen and oxygen atoms in total. The number of hydrogen-bond donors (Lipinski definition) is 0. The number of carbonyl (C=O) groups is 2. The van der Waals surface area contributed by atoms with Gasteiger partial charge in [0.15, 0.2) is 5.78 Å². The van der Waals surface area contributed by atoms with E-state index < -0.39 is 24.2 Å². The highest BCUT2D eigenvalue weighted by atomic mass is 16.7. The lowest BCUT2D eigenvalue weighted by Gasteiger charge is -2.32. The predicted octanol–water partition coefficient (Wildman–Crippen LogP) is 2.03. The van der Waals surface area contributed by atoms with Gasteiger partial charge in [-0.25, -0.2) is 0 Å². The minimum absolute atomic E-state index is 0.0656. The number of methoxy groups -OCH3 is 2. The van der Waals surface area contributed by atoms with Crippen molar-refractivity contribution in [2.24, 2.45) is 5.92 Å². The minimum Gasteiger partial charge on any atom is -0.497 e. The molecule has 1 fully saturated rings. The Morgan fingerprint density at radius 3 is 2.31 bits per heavy atom. The van der Waals surface area contributed by atoms with Crippen molar-refractivity contribution < 1.29 is 28.4 Å². The van der Waals surface area contributed by atoms with Crippen LogP contribution >= 0.6 is 0 Å². The zero-order valence-corrected chi connectivity index (χ0v) is 16.3. The molecule has 1 aromatic carbocycles. The maximum Gasteiger partial charge on any atom is 0.495 e. The van der Waals surface area contributed by atoms with Crippen molar-refractivity contribution in [2.75, 3.05) is 20.8 Å². The zero-order valence-electron chi connectivity index (χ0n) is 16.3. The van der Waals surface area contributed by atoms with Crippen LogP contribution in [0.2, 0.25) is 0 Å². The maximum atomic E-state index is 12.8. The number of hydrogen-bond acceptors (Lipinski definition) is 6. The van der Waals surface area contributed by atoms with E-state index in [4.69, 9.17) is 18.8 Å². The fraction of sp³-hybridized carbons (Fsp3) is 0.579. The van der Waals surface area contributed by atoms with Crippen LogP contribution in [0.25, 0.3) is 0 Å². The molecule has 0 N–H and O–H groups in total. The summed E-state index contributed by atoms with van der Waals surface area (Å²) in [7, 11) is 2.38. The molecule has 1 aromatic rings. The molecule has 0 radical (unpaired) electrons. The van der Waals surface area contributed by atoms with Crippen molar-refractivity contribution in [1.29, 1.82) is 0 Å². The Balaban J connectivity index is 2.36. The Morgan fingerprint density at radius 2 is 1.81 bits per heavy atom. The molecule has 0 bridgehead atoms. The van der Waals surface area contributed by atoms with E-state index in [2.05, 4.69) is 0 Å². The van der Waals surface area contributed by atoms with Crippen molar-refractivity contribution in [2.45, 2.75) is 45.3 Å². The largest absolute Gasteiger partial charge is 0.497 e. The number of aldehydes is 1. The third-order valence-corrected chi connectivity index (χ3v) is 5.09. The number of rotatable bonds is 8. The predicted molar refractivity (Wildman–Crippen MR) is 99.1 cm³/mol. The smallest absolute Gasteiger partial charge is 0.495 e. The Morgan fingerprint density at radius 1 is 1.19 bits per heavy atom. The van der Waals surface area contributed by atoms with Crippen LogP contribution < -0.4 is 10.2 Å². The molecule has 0 saturated carbocycles. The number of Topliss-reactive ketones (excluding diaryl/α,β-unsaturated/α-hetero) is 1.